The molecule has 1 spiro atoms. The molecule has 2 aromatic carbocycles. The fourth-order valence-electron chi connectivity index (χ4n) is 4.83. The first-order chi connectivity index (χ1) is 14.5. The van der Waals surface area contributed by atoms with Crippen molar-refractivity contribution in [1.29, 1.82) is 0 Å². The predicted octanol–water partition coefficient (Wildman–Crippen LogP) is 2.97. The summed E-state index contributed by atoms with van der Waals surface area (Å²) in [4.78, 5) is 32.9. The standard InChI is InChI=1S/C23H21FN4O2/c1-27-13-11-25-21(27)20-23(17-4-2-3-5-18(17)26-22(23)30)10-12-28(20)19(29)14-15-6-8-16(24)9-7-15/h2-9,11,13,20H,10,12,14H2,1H3,(H,26,30)/t20-,23+/m0/s1. The molecule has 2 aliphatic heterocycles. The van der Waals surface area contributed by atoms with Crippen LogP contribution in [0.1, 0.15) is 29.4 Å². The second-order valence-electron chi connectivity index (χ2n) is 7.91. The van der Waals surface area contributed by atoms with Gasteiger partial charge in [-0.3, -0.25) is 9.59 Å². The molecule has 2 atom stereocenters. The lowest BCUT2D eigenvalue weighted by Gasteiger charge is -2.33. The number of para-hydroxylation sites is 1. The summed E-state index contributed by atoms with van der Waals surface area (Å²) in [5.74, 6) is 0.126. The first kappa shape index (κ1) is 18.5. The summed E-state index contributed by atoms with van der Waals surface area (Å²) in [6, 6.07) is 13.1. The lowest BCUT2D eigenvalue weighted by Crippen LogP contribution is -2.44. The average Bonchev–Trinajstić information content (AvgIpc) is 3.41. The molecule has 1 N–H and O–H groups in total. The Morgan fingerprint density at radius 3 is 2.73 bits per heavy atom. The number of hydrogen-bond donors (Lipinski definition) is 1. The van der Waals surface area contributed by atoms with Crippen molar-refractivity contribution in [1.82, 2.24) is 14.5 Å². The van der Waals surface area contributed by atoms with Gasteiger partial charge < -0.3 is 14.8 Å². The number of halogens is 1. The SMILES string of the molecule is Cn1ccnc1[C@@H]1N(C(=O)Cc2ccc(F)cc2)CC[C@]12C(=O)Nc1ccccc12. The maximum atomic E-state index is 13.3. The predicted molar refractivity (Wildman–Crippen MR) is 109 cm³/mol. The molecule has 30 heavy (non-hydrogen) atoms. The number of amides is 2. The van der Waals surface area contributed by atoms with Crippen molar-refractivity contribution >= 4 is 17.5 Å². The highest BCUT2D eigenvalue weighted by atomic mass is 19.1. The Bertz CT molecular complexity index is 1140. The van der Waals surface area contributed by atoms with E-state index in [9.17, 15) is 14.0 Å². The van der Waals surface area contributed by atoms with Gasteiger partial charge in [-0.1, -0.05) is 30.3 Å². The summed E-state index contributed by atoms with van der Waals surface area (Å²) in [5, 5.41) is 3.00. The van der Waals surface area contributed by atoms with Crippen molar-refractivity contribution in [2.24, 2.45) is 7.05 Å². The number of aromatic nitrogens is 2. The summed E-state index contributed by atoms with van der Waals surface area (Å²) in [6.45, 7) is 0.444. The van der Waals surface area contributed by atoms with Crippen molar-refractivity contribution in [3.63, 3.8) is 0 Å². The highest BCUT2D eigenvalue weighted by Gasteiger charge is 2.60. The number of aryl methyl sites for hydroxylation is 1. The van der Waals surface area contributed by atoms with Crippen molar-refractivity contribution in [3.8, 4) is 0 Å². The van der Waals surface area contributed by atoms with Gasteiger partial charge in [0, 0.05) is 31.7 Å². The summed E-state index contributed by atoms with van der Waals surface area (Å²) in [7, 11) is 1.87. The van der Waals surface area contributed by atoms with Crippen molar-refractivity contribution < 1.29 is 14.0 Å². The van der Waals surface area contributed by atoms with Gasteiger partial charge in [0.1, 0.15) is 23.1 Å². The molecule has 0 radical (unpaired) electrons. The van der Waals surface area contributed by atoms with Gasteiger partial charge in [0.2, 0.25) is 11.8 Å². The van der Waals surface area contributed by atoms with Crippen LogP contribution in [0.2, 0.25) is 0 Å². The first-order valence-electron chi connectivity index (χ1n) is 9.93. The van der Waals surface area contributed by atoms with E-state index in [1.54, 1.807) is 23.2 Å². The fraction of sp³-hybridized carbons (Fsp3) is 0.261. The zero-order valence-electron chi connectivity index (χ0n) is 16.5. The van der Waals surface area contributed by atoms with Crippen LogP contribution in [0.15, 0.2) is 60.9 Å². The smallest absolute Gasteiger partial charge is 0.237 e. The lowest BCUT2D eigenvalue weighted by atomic mass is 9.74. The lowest BCUT2D eigenvalue weighted by molar-refractivity contribution is -0.133. The minimum Gasteiger partial charge on any atom is -0.336 e. The fourth-order valence-corrected chi connectivity index (χ4v) is 4.83. The van der Waals surface area contributed by atoms with Crippen LogP contribution in [0.5, 0.6) is 0 Å². The molecule has 0 aliphatic carbocycles. The topological polar surface area (TPSA) is 67.2 Å². The Kier molecular flexibility index (Phi) is 4.20. The van der Waals surface area contributed by atoms with E-state index in [4.69, 9.17) is 0 Å². The molecule has 2 aliphatic rings. The molecule has 0 bridgehead atoms. The molecular weight excluding hydrogens is 383 g/mol. The van der Waals surface area contributed by atoms with E-state index in [1.165, 1.54) is 12.1 Å². The second-order valence-corrected chi connectivity index (χ2v) is 7.91. The molecule has 152 valence electrons. The van der Waals surface area contributed by atoms with Gasteiger partial charge in [-0.15, -0.1) is 0 Å². The van der Waals surface area contributed by atoms with Crippen LogP contribution in [0.25, 0.3) is 0 Å². The number of hydrogen-bond acceptors (Lipinski definition) is 3. The van der Waals surface area contributed by atoms with Gasteiger partial charge in [-0.25, -0.2) is 9.37 Å². The molecule has 2 amide bonds. The van der Waals surface area contributed by atoms with E-state index in [1.807, 2.05) is 42.1 Å². The van der Waals surface area contributed by atoms with Gasteiger partial charge in [0.25, 0.3) is 0 Å². The molecular formula is C23H21FN4O2. The molecule has 6 nitrogen and oxygen atoms in total. The van der Waals surface area contributed by atoms with E-state index >= 15 is 0 Å². The largest absolute Gasteiger partial charge is 0.336 e. The maximum Gasteiger partial charge on any atom is 0.237 e. The molecule has 0 unspecified atom stereocenters. The monoisotopic (exact) mass is 404 g/mol. The van der Waals surface area contributed by atoms with Gasteiger partial charge in [0.15, 0.2) is 0 Å². The van der Waals surface area contributed by atoms with E-state index in [-0.39, 0.29) is 24.1 Å². The molecule has 3 aromatic rings. The second kappa shape index (κ2) is 6.79. The third-order valence-corrected chi connectivity index (χ3v) is 6.28. The molecule has 7 heteroatoms. The summed E-state index contributed by atoms with van der Waals surface area (Å²) in [5.41, 5.74) is 1.54. The molecule has 3 heterocycles. The Hall–Kier alpha value is -3.48. The molecule has 1 saturated heterocycles. The van der Waals surface area contributed by atoms with Crippen molar-refractivity contribution in [2.45, 2.75) is 24.3 Å². The highest BCUT2D eigenvalue weighted by molar-refractivity contribution is 6.07. The minimum atomic E-state index is -0.881. The third-order valence-electron chi connectivity index (χ3n) is 6.28. The molecule has 1 aromatic heterocycles. The summed E-state index contributed by atoms with van der Waals surface area (Å²) < 4.78 is 15.1. The van der Waals surface area contributed by atoms with E-state index in [0.717, 1.165) is 16.8 Å². The van der Waals surface area contributed by atoms with Crippen molar-refractivity contribution in [3.05, 3.63) is 83.7 Å². The van der Waals surface area contributed by atoms with E-state index < -0.39 is 11.5 Å². The van der Waals surface area contributed by atoms with E-state index in [0.29, 0.717) is 18.8 Å². The van der Waals surface area contributed by atoms with E-state index in [2.05, 4.69) is 10.3 Å². The molecule has 5 rings (SSSR count). The highest BCUT2D eigenvalue weighted by Crippen LogP contribution is 2.54. The van der Waals surface area contributed by atoms with Gasteiger partial charge >= 0.3 is 0 Å². The summed E-state index contributed by atoms with van der Waals surface area (Å²) >= 11 is 0. The number of nitrogens with zero attached hydrogens (tertiary/aromatic N) is 3. The number of nitrogens with one attached hydrogen (secondary N) is 1. The third kappa shape index (κ3) is 2.65. The maximum absolute atomic E-state index is 13.3. The number of imidazole rings is 1. The quantitative estimate of drug-likeness (QED) is 0.730. The average molecular weight is 404 g/mol. The van der Waals surface area contributed by atoms with Gasteiger partial charge in [-0.05, 0) is 35.7 Å². The number of likely N-dealkylation sites (tertiary alicyclic amines) is 1. The Labute approximate surface area is 173 Å². The van der Waals surface area contributed by atoms with Crippen LogP contribution in [-0.4, -0.2) is 32.8 Å². The Morgan fingerprint density at radius 1 is 1.23 bits per heavy atom. The zero-order chi connectivity index (χ0) is 20.9. The Morgan fingerprint density at radius 2 is 2.00 bits per heavy atom. The van der Waals surface area contributed by atoms with Crippen LogP contribution in [0.4, 0.5) is 10.1 Å². The van der Waals surface area contributed by atoms with Gasteiger partial charge in [-0.2, -0.15) is 0 Å². The number of carbonyl (C=O) groups excluding carboxylic acids is 2. The molecule has 0 saturated carbocycles. The molecule has 1 fully saturated rings. The number of anilines is 1. The minimum absolute atomic E-state index is 0.103. The Balaban J connectivity index is 1.58. The van der Waals surface area contributed by atoms with Crippen LogP contribution >= 0.6 is 0 Å². The van der Waals surface area contributed by atoms with Crippen LogP contribution < -0.4 is 5.32 Å². The van der Waals surface area contributed by atoms with Crippen LogP contribution in [0, 0.1) is 5.82 Å². The van der Waals surface area contributed by atoms with Crippen molar-refractivity contribution in [2.75, 3.05) is 11.9 Å². The summed E-state index contributed by atoms with van der Waals surface area (Å²) in [6.07, 6.45) is 4.16. The number of fused-ring (bicyclic) bond motifs is 2. The normalized spacial score (nSPS) is 22.4. The van der Waals surface area contributed by atoms with Gasteiger partial charge in [0.05, 0.1) is 6.42 Å². The van der Waals surface area contributed by atoms with Crippen LogP contribution in [-0.2, 0) is 28.5 Å². The number of benzene rings is 2. The number of carbonyl (C=O) groups is 2. The first-order valence-corrected chi connectivity index (χ1v) is 9.93. The zero-order valence-corrected chi connectivity index (χ0v) is 16.5. The number of rotatable bonds is 3. The van der Waals surface area contributed by atoms with Crippen LogP contribution in [0.3, 0.4) is 0 Å².